The van der Waals surface area contributed by atoms with E-state index in [-0.39, 0.29) is 47.4 Å². The van der Waals surface area contributed by atoms with Crippen molar-refractivity contribution in [2.24, 2.45) is 40.4 Å². The fourth-order valence-corrected chi connectivity index (χ4v) is 8.16. The zero-order valence-corrected chi connectivity index (χ0v) is 21.2. The Morgan fingerprint density at radius 2 is 1.91 bits per heavy atom. The molecule has 186 valence electrons. The van der Waals surface area contributed by atoms with Crippen LogP contribution in [0.5, 0.6) is 0 Å². The molecule has 34 heavy (non-hydrogen) atoms. The predicted molar refractivity (Wildman–Crippen MR) is 124 cm³/mol. The van der Waals surface area contributed by atoms with Crippen LogP contribution in [0.3, 0.4) is 0 Å². The first-order valence-electron chi connectivity index (χ1n) is 13.0. The number of carbonyl (C=O) groups is 2. The van der Waals surface area contributed by atoms with E-state index in [1.165, 1.54) is 0 Å². The van der Waals surface area contributed by atoms with Gasteiger partial charge in [-0.15, -0.1) is 0 Å². The molecule has 1 aliphatic heterocycles. The van der Waals surface area contributed by atoms with Gasteiger partial charge >= 0.3 is 5.97 Å². The molecule has 6 nitrogen and oxygen atoms in total. The summed E-state index contributed by atoms with van der Waals surface area (Å²) >= 11 is 0. The monoisotopic (exact) mass is 470 g/mol. The maximum atomic E-state index is 14.6. The molecular weight excluding hydrogens is 432 g/mol. The minimum absolute atomic E-state index is 0.0467. The summed E-state index contributed by atoms with van der Waals surface area (Å²) in [4.78, 5) is 27.6. The Hall–Kier alpha value is -1.50. The molecule has 0 aromatic heterocycles. The summed E-state index contributed by atoms with van der Waals surface area (Å²) in [5.41, 5.74) is -1.26. The molecule has 1 spiro atoms. The number of rotatable bonds is 2. The molecule has 0 amide bonds. The number of carbonyl (C=O) groups excluding carboxylic acids is 2. The highest BCUT2D eigenvalue weighted by atomic mass is 16.7. The molecule has 0 aromatic rings. The minimum atomic E-state index is -1.71. The van der Waals surface area contributed by atoms with Gasteiger partial charge in [-0.3, -0.25) is 9.59 Å². The Bertz CT molecular complexity index is 1020. The van der Waals surface area contributed by atoms with Gasteiger partial charge in [0.2, 0.25) is 0 Å². The first kappa shape index (κ1) is 22.9. The average Bonchev–Trinajstić information content (AvgIpc) is 3.19. The Balaban J connectivity index is 1.53. The lowest BCUT2D eigenvalue weighted by atomic mass is 9.58. The van der Waals surface area contributed by atoms with Crippen molar-refractivity contribution in [1.29, 1.82) is 0 Å². The Labute approximate surface area is 202 Å². The number of Topliss-reactive ketones (excluding diaryl/α,β-unsaturated/α-hetero) is 1. The van der Waals surface area contributed by atoms with E-state index >= 15 is 0 Å². The molecular formula is C28H38O6. The number of hydrogen-bond donors (Lipinski definition) is 1. The second-order valence-electron chi connectivity index (χ2n) is 12.9. The number of esters is 1. The van der Waals surface area contributed by atoms with Gasteiger partial charge in [-0.1, -0.05) is 39.3 Å². The number of hydrogen-bond acceptors (Lipinski definition) is 6. The number of ether oxygens (including phenoxy) is 3. The van der Waals surface area contributed by atoms with Crippen molar-refractivity contribution in [1.82, 2.24) is 0 Å². The van der Waals surface area contributed by atoms with Crippen LogP contribution in [-0.2, 0) is 23.8 Å². The highest BCUT2D eigenvalue weighted by Crippen LogP contribution is 2.72. The maximum Gasteiger partial charge on any atom is 0.309 e. The summed E-state index contributed by atoms with van der Waals surface area (Å²) in [5, 5.41) is 12.9. The number of allylic oxidation sites excluding steroid dienone is 1. The molecule has 1 N–H and O–H groups in total. The smallest absolute Gasteiger partial charge is 0.309 e. The number of ketones is 1. The van der Waals surface area contributed by atoms with Crippen molar-refractivity contribution in [2.75, 3.05) is 6.61 Å². The van der Waals surface area contributed by atoms with Crippen molar-refractivity contribution < 1.29 is 28.9 Å². The zero-order chi connectivity index (χ0) is 24.4. The average molecular weight is 471 g/mol. The predicted octanol–water partition coefficient (Wildman–Crippen LogP) is 3.96. The van der Waals surface area contributed by atoms with E-state index < -0.39 is 29.0 Å². The van der Waals surface area contributed by atoms with Crippen molar-refractivity contribution in [2.45, 2.75) is 90.8 Å². The summed E-state index contributed by atoms with van der Waals surface area (Å²) in [5.74, 6) is -1.05. The number of fused-ring (bicyclic) bond motifs is 5. The van der Waals surface area contributed by atoms with Crippen molar-refractivity contribution in [3.63, 3.8) is 0 Å². The lowest BCUT2D eigenvalue weighted by Gasteiger charge is -2.53. The van der Waals surface area contributed by atoms with Gasteiger partial charge in [0.15, 0.2) is 23.3 Å². The summed E-state index contributed by atoms with van der Waals surface area (Å²) in [6, 6.07) is 0. The van der Waals surface area contributed by atoms with Crippen LogP contribution in [0, 0.1) is 40.4 Å². The minimum Gasteiger partial charge on any atom is -0.454 e. The van der Waals surface area contributed by atoms with E-state index in [0.717, 1.165) is 36.8 Å². The molecule has 0 radical (unpaired) electrons. The standard InChI is InChI=1S/C28H38O6/c1-14-12-27-15(2)10-19-20(25(19,3)4)18(21(27)29)11-17-13-32-26(5,6)34-23(17)28(27,31)22(14)33-24(30)16-8-7-9-16/h11-12,15-16,18-20,22-23,31H,7-10,13H2,1-6H3/t15-,18+,19-,20+,22+,23?,27+,28-/m1/s1. The Kier molecular flexibility index (Phi) is 4.61. The van der Waals surface area contributed by atoms with Gasteiger partial charge in [0.05, 0.1) is 17.9 Å². The molecule has 3 saturated carbocycles. The summed E-state index contributed by atoms with van der Waals surface area (Å²) < 4.78 is 18.6. The Morgan fingerprint density at radius 3 is 2.56 bits per heavy atom. The number of aliphatic hydroxyl groups is 1. The van der Waals surface area contributed by atoms with Gasteiger partial charge in [-0.05, 0) is 74.3 Å². The van der Waals surface area contributed by atoms with Crippen LogP contribution < -0.4 is 0 Å². The third-order valence-corrected chi connectivity index (χ3v) is 10.3. The highest BCUT2D eigenvalue weighted by Gasteiger charge is 2.77. The van der Waals surface area contributed by atoms with E-state index in [0.29, 0.717) is 5.92 Å². The molecule has 8 atom stereocenters. The van der Waals surface area contributed by atoms with E-state index in [2.05, 4.69) is 20.8 Å². The molecule has 2 bridgehead atoms. The largest absolute Gasteiger partial charge is 0.454 e. The fraction of sp³-hybridized carbons (Fsp3) is 0.786. The molecule has 0 aromatic carbocycles. The van der Waals surface area contributed by atoms with Crippen LogP contribution in [0.4, 0.5) is 0 Å². The van der Waals surface area contributed by atoms with E-state index in [4.69, 9.17) is 14.2 Å². The molecule has 1 unspecified atom stereocenters. The topological polar surface area (TPSA) is 82.1 Å². The second-order valence-corrected chi connectivity index (χ2v) is 12.9. The zero-order valence-electron chi connectivity index (χ0n) is 21.2. The first-order chi connectivity index (χ1) is 15.8. The first-order valence-corrected chi connectivity index (χ1v) is 13.0. The summed E-state index contributed by atoms with van der Waals surface area (Å²) in [6.07, 6.45) is 5.79. The lowest BCUT2D eigenvalue weighted by molar-refractivity contribution is -0.304. The second kappa shape index (κ2) is 6.83. The van der Waals surface area contributed by atoms with E-state index in [1.807, 2.05) is 32.9 Å². The molecule has 1 heterocycles. The van der Waals surface area contributed by atoms with Crippen LogP contribution >= 0.6 is 0 Å². The van der Waals surface area contributed by atoms with Crippen molar-refractivity contribution >= 4 is 11.8 Å². The van der Waals surface area contributed by atoms with Crippen LogP contribution in [0.15, 0.2) is 23.3 Å². The van der Waals surface area contributed by atoms with Crippen molar-refractivity contribution in [3.05, 3.63) is 23.3 Å². The summed E-state index contributed by atoms with van der Waals surface area (Å²) in [6.45, 7) is 12.4. The molecule has 6 aliphatic rings. The summed E-state index contributed by atoms with van der Waals surface area (Å²) in [7, 11) is 0. The van der Waals surface area contributed by atoms with Crippen LogP contribution in [0.2, 0.25) is 0 Å². The molecule has 6 rings (SSSR count). The molecule has 5 aliphatic carbocycles. The maximum absolute atomic E-state index is 14.6. The van der Waals surface area contributed by atoms with Gasteiger partial charge in [0.1, 0.15) is 6.10 Å². The van der Waals surface area contributed by atoms with Gasteiger partial charge in [0, 0.05) is 5.92 Å². The van der Waals surface area contributed by atoms with Gasteiger partial charge in [0.25, 0.3) is 0 Å². The van der Waals surface area contributed by atoms with Crippen LogP contribution in [0.1, 0.15) is 67.2 Å². The van der Waals surface area contributed by atoms with Gasteiger partial charge < -0.3 is 19.3 Å². The SMILES string of the molecule is CC1=C[C@]23C(=O)[C@@H](C=C4COC(C)(C)OC4[C@]2(O)[C@H]1OC(=O)C1CCC1)[C@H]1[C@@H](C[C@H]3C)C1(C)C. The molecule has 1 saturated heterocycles. The van der Waals surface area contributed by atoms with Crippen molar-refractivity contribution in [3.8, 4) is 0 Å². The normalized spacial score (nSPS) is 48.1. The third kappa shape index (κ3) is 2.68. The third-order valence-electron chi connectivity index (χ3n) is 10.3. The lowest BCUT2D eigenvalue weighted by Crippen LogP contribution is -2.68. The van der Waals surface area contributed by atoms with Gasteiger partial charge in [-0.2, -0.15) is 0 Å². The van der Waals surface area contributed by atoms with Crippen LogP contribution in [-0.4, -0.2) is 47.1 Å². The van der Waals surface area contributed by atoms with Gasteiger partial charge in [-0.25, -0.2) is 0 Å². The van der Waals surface area contributed by atoms with E-state index in [1.54, 1.807) is 0 Å². The highest BCUT2D eigenvalue weighted by molar-refractivity contribution is 5.95. The van der Waals surface area contributed by atoms with Crippen LogP contribution in [0.25, 0.3) is 0 Å². The quantitative estimate of drug-likeness (QED) is 0.486. The molecule has 4 fully saturated rings. The molecule has 6 heteroatoms. The Morgan fingerprint density at radius 1 is 1.21 bits per heavy atom. The van der Waals surface area contributed by atoms with E-state index in [9.17, 15) is 14.7 Å². The fourth-order valence-electron chi connectivity index (χ4n) is 8.16.